The Morgan fingerprint density at radius 2 is 2.00 bits per heavy atom. The fraction of sp³-hybridized carbons (Fsp3) is 0.714. The van der Waals surface area contributed by atoms with E-state index in [2.05, 4.69) is 16.8 Å². The summed E-state index contributed by atoms with van der Waals surface area (Å²) in [5.74, 6) is 0. The minimum absolute atomic E-state index is 0.0628. The molecule has 1 aliphatic carbocycles. The molecule has 1 aromatic heterocycles. The summed E-state index contributed by atoms with van der Waals surface area (Å²) in [7, 11) is 0. The van der Waals surface area contributed by atoms with Crippen molar-refractivity contribution < 1.29 is 4.74 Å². The Bertz CT molecular complexity index is 302. The molecule has 0 aromatic carbocycles. The van der Waals surface area contributed by atoms with E-state index in [1.165, 1.54) is 44.1 Å². The maximum atomic E-state index is 6.26. The molecule has 0 saturated heterocycles. The molecule has 96 valence electrons. The van der Waals surface area contributed by atoms with Crippen LogP contribution in [0.5, 0.6) is 0 Å². The van der Waals surface area contributed by atoms with E-state index in [1.54, 1.807) is 11.3 Å². The lowest BCUT2D eigenvalue weighted by Crippen LogP contribution is -2.30. The van der Waals surface area contributed by atoms with E-state index in [1.807, 2.05) is 6.92 Å². The molecule has 0 bridgehead atoms. The lowest BCUT2D eigenvalue weighted by atomic mass is 10.1. The average molecular weight is 253 g/mol. The van der Waals surface area contributed by atoms with E-state index in [9.17, 15) is 0 Å². The summed E-state index contributed by atoms with van der Waals surface area (Å²) in [6.07, 6.45) is 8.22. The van der Waals surface area contributed by atoms with Crippen LogP contribution < -0.4 is 5.73 Å². The minimum atomic E-state index is 0.0628. The van der Waals surface area contributed by atoms with Gasteiger partial charge in [0.2, 0.25) is 0 Å². The smallest absolute Gasteiger partial charge is 0.0984 e. The third-order valence-corrected chi connectivity index (χ3v) is 4.19. The van der Waals surface area contributed by atoms with Gasteiger partial charge in [0.1, 0.15) is 0 Å². The summed E-state index contributed by atoms with van der Waals surface area (Å²) in [5.41, 5.74) is 7.31. The Kier molecular flexibility index (Phi) is 5.01. The van der Waals surface area contributed by atoms with Crippen LogP contribution in [0.1, 0.15) is 57.1 Å². The fourth-order valence-electron chi connectivity index (χ4n) is 2.53. The molecule has 1 fully saturated rings. The van der Waals surface area contributed by atoms with Crippen molar-refractivity contribution in [2.24, 2.45) is 5.73 Å². The predicted molar refractivity (Wildman–Crippen MR) is 73.3 cm³/mol. The first-order valence-corrected chi connectivity index (χ1v) is 7.65. The third-order valence-electron chi connectivity index (χ3n) is 3.49. The Labute approximate surface area is 108 Å². The van der Waals surface area contributed by atoms with Crippen molar-refractivity contribution in [2.75, 3.05) is 0 Å². The van der Waals surface area contributed by atoms with Crippen LogP contribution in [0.2, 0.25) is 0 Å². The van der Waals surface area contributed by atoms with E-state index in [-0.39, 0.29) is 12.1 Å². The van der Waals surface area contributed by atoms with E-state index >= 15 is 0 Å². The van der Waals surface area contributed by atoms with Crippen LogP contribution in [-0.2, 0) is 4.74 Å². The molecule has 3 heteroatoms. The van der Waals surface area contributed by atoms with Crippen LogP contribution >= 0.6 is 11.3 Å². The lowest BCUT2D eigenvalue weighted by molar-refractivity contribution is -0.0306. The fourth-order valence-corrected chi connectivity index (χ4v) is 3.21. The first-order valence-electron chi connectivity index (χ1n) is 6.70. The monoisotopic (exact) mass is 253 g/mol. The Balaban J connectivity index is 1.97. The highest BCUT2D eigenvalue weighted by molar-refractivity contribution is 7.07. The van der Waals surface area contributed by atoms with Gasteiger partial charge in [-0.3, -0.25) is 0 Å². The van der Waals surface area contributed by atoms with Crippen LogP contribution in [0.25, 0.3) is 0 Å². The summed E-state index contributed by atoms with van der Waals surface area (Å²) < 4.78 is 6.26. The van der Waals surface area contributed by atoms with E-state index < -0.39 is 0 Å². The highest BCUT2D eigenvalue weighted by atomic mass is 32.1. The van der Waals surface area contributed by atoms with E-state index in [4.69, 9.17) is 10.5 Å². The highest BCUT2D eigenvalue weighted by Crippen LogP contribution is 2.29. The number of rotatable bonds is 4. The lowest BCUT2D eigenvalue weighted by Gasteiger charge is -2.26. The van der Waals surface area contributed by atoms with E-state index in [0.717, 1.165) is 0 Å². The van der Waals surface area contributed by atoms with Crippen LogP contribution in [-0.4, -0.2) is 12.1 Å². The summed E-state index contributed by atoms with van der Waals surface area (Å²) in [6, 6.07) is 2.20. The summed E-state index contributed by atoms with van der Waals surface area (Å²) >= 11 is 1.72. The van der Waals surface area contributed by atoms with Crippen LogP contribution in [0.3, 0.4) is 0 Å². The summed E-state index contributed by atoms with van der Waals surface area (Å²) in [4.78, 5) is 0. The first-order chi connectivity index (χ1) is 8.27. The molecule has 1 aliphatic rings. The molecule has 2 N–H and O–H groups in total. The number of hydrogen-bond donors (Lipinski definition) is 1. The molecule has 1 saturated carbocycles. The summed E-state index contributed by atoms with van der Waals surface area (Å²) in [5, 5.41) is 4.26. The average Bonchev–Trinajstić information content (AvgIpc) is 2.70. The van der Waals surface area contributed by atoms with Gasteiger partial charge in [0.05, 0.1) is 12.2 Å². The topological polar surface area (TPSA) is 35.2 Å². The molecule has 2 atom stereocenters. The molecular formula is C14H23NOS. The van der Waals surface area contributed by atoms with Gasteiger partial charge in [0.15, 0.2) is 0 Å². The SMILES string of the molecule is CC(N)C(OC1CCCCCC1)c1ccsc1. The van der Waals surface area contributed by atoms with Crippen molar-refractivity contribution in [1.82, 2.24) is 0 Å². The molecule has 2 rings (SSSR count). The van der Waals surface area contributed by atoms with Crippen molar-refractivity contribution in [1.29, 1.82) is 0 Å². The van der Waals surface area contributed by atoms with Gasteiger partial charge >= 0.3 is 0 Å². The standard InChI is InChI=1S/C14H23NOS/c1-11(15)14(12-8-9-17-10-12)16-13-6-4-2-3-5-7-13/h8-11,13-14H,2-7,15H2,1H3. The summed E-state index contributed by atoms with van der Waals surface area (Å²) in [6.45, 7) is 2.04. The first kappa shape index (κ1) is 13.1. The van der Waals surface area contributed by atoms with Crippen molar-refractivity contribution in [3.05, 3.63) is 22.4 Å². The Morgan fingerprint density at radius 1 is 1.29 bits per heavy atom. The predicted octanol–water partition coefficient (Wildman–Crippen LogP) is 3.88. The van der Waals surface area contributed by atoms with Crippen LogP contribution in [0.4, 0.5) is 0 Å². The van der Waals surface area contributed by atoms with E-state index in [0.29, 0.717) is 6.10 Å². The maximum absolute atomic E-state index is 6.26. The molecule has 2 unspecified atom stereocenters. The minimum Gasteiger partial charge on any atom is -0.369 e. The molecular weight excluding hydrogens is 230 g/mol. The number of nitrogens with two attached hydrogens (primary N) is 1. The quantitative estimate of drug-likeness (QED) is 0.827. The number of ether oxygens (including phenoxy) is 1. The van der Waals surface area contributed by atoms with Gasteiger partial charge in [0.25, 0.3) is 0 Å². The molecule has 17 heavy (non-hydrogen) atoms. The van der Waals surface area contributed by atoms with Crippen molar-refractivity contribution in [3.8, 4) is 0 Å². The molecule has 0 aliphatic heterocycles. The molecule has 0 spiro atoms. The second-order valence-corrected chi connectivity index (χ2v) is 5.87. The normalized spacial score (nSPS) is 22.0. The molecule has 2 nitrogen and oxygen atoms in total. The van der Waals surface area contributed by atoms with Crippen molar-refractivity contribution in [2.45, 2.75) is 63.7 Å². The van der Waals surface area contributed by atoms with Gasteiger partial charge in [-0.15, -0.1) is 0 Å². The van der Waals surface area contributed by atoms with Crippen molar-refractivity contribution >= 4 is 11.3 Å². The number of thiophene rings is 1. The Morgan fingerprint density at radius 3 is 2.53 bits per heavy atom. The van der Waals surface area contributed by atoms with Gasteiger partial charge < -0.3 is 10.5 Å². The van der Waals surface area contributed by atoms with Gasteiger partial charge in [-0.25, -0.2) is 0 Å². The molecule has 1 heterocycles. The zero-order valence-corrected chi connectivity index (χ0v) is 11.4. The second kappa shape index (κ2) is 6.53. The van der Waals surface area contributed by atoms with Gasteiger partial charge in [-0.2, -0.15) is 11.3 Å². The largest absolute Gasteiger partial charge is 0.369 e. The maximum Gasteiger partial charge on any atom is 0.0984 e. The molecule has 0 amide bonds. The molecule has 0 radical (unpaired) electrons. The van der Waals surface area contributed by atoms with Gasteiger partial charge in [0, 0.05) is 6.04 Å². The Hall–Kier alpha value is -0.380. The highest BCUT2D eigenvalue weighted by Gasteiger charge is 2.22. The van der Waals surface area contributed by atoms with Crippen molar-refractivity contribution in [3.63, 3.8) is 0 Å². The van der Waals surface area contributed by atoms with Crippen LogP contribution in [0.15, 0.2) is 16.8 Å². The van der Waals surface area contributed by atoms with Gasteiger partial charge in [-0.1, -0.05) is 25.7 Å². The second-order valence-electron chi connectivity index (χ2n) is 5.09. The van der Waals surface area contributed by atoms with Crippen LogP contribution in [0, 0.1) is 0 Å². The zero-order valence-electron chi connectivity index (χ0n) is 10.6. The van der Waals surface area contributed by atoms with Gasteiger partial charge in [-0.05, 0) is 42.2 Å². The zero-order chi connectivity index (χ0) is 12.1. The number of hydrogen-bond acceptors (Lipinski definition) is 3. The third kappa shape index (κ3) is 3.80. The molecule has 1 aromatic rings.